The van der Waals surface area contributed by atoms with E-state index in [1.807, 2.05) is 0 Å². The van der Waals surface area contributed by atoms with E-state index in [1.54, 1.807) is 12.3 Å². The van der Waals surface area contributed by atoms with Crippen molar-refractivity contribution in [3.05, 3.63) is 40.1 Å². The Bertz CT molecular complexity index is 763. The number of carboxylic acid groups (broad SMARTS) is 1. The van der Waals surface area contributed by atoms with Crippen molar-refractivity contribution in [1.29, 1.82) is 0 Å². The second-order valence-electron chi connectivity index (χ2n) is 5.46. The van der Waals surface area contributed by atoms with E-state index in [1.165, 1.54) is 26.0 Å². The Morgan fingerprint density at radius 3 is 2.68 bits per heavy atom. The molecule has 2 rings (SSSR count). The molecule has 3 N–H and O–H groups in total. The van der Waals surface area contributed by atoms with Crippen LogP contribution in [0.25, 0.3) is 10.9 Å². The van der Waals surface area contributed by atoms with Gasteiger partial charge in [0.2, 0.25) is 5.91 Å². The maximum Gasteiger partial charge on any atom is 0.328 e. The molecular formula is C14H15N3O5. The number of benzene rings is 1. The summed E-state index contributed by atoms with van der Waals surface area (Å²) in [5, 5.41) is 22.8. The molecule has 0 spiro atoms. The van der Waals surface area contributed by atoms with Gasteiger partial charge >= 0.3 is 5.97 Å². The number of non-ortho nitro benzene ring substituents is 1. The molecule has 0 aliphatic rings. The Morgan fingerprint density at radius 2 is 2.09 bits per heavy atom. The Balaban J connectivity index is 2.24. The van der Waals surface area contributed by atoms with Gasteiger partial charge in [0.15, 0.2) is 0 Å². The molecule has 0 aliphatic heterocycles. The van der Waals surface area contributed by atoms with Crippen LogP contribution in [0.2, 0.25) is 0 Å². The number of carboxylic acids is 1. The van der Waals surface area contributed by atoms with Crippen LogP contribution in [-0.2, 0) is 16.0 Å². The number of aromatic nitrogens is 1. The number of hydrogen-bond donors (Lipinski definition) is 3. The van der Waals surface area contributed by atoms with E-state index in [-0.39, 0.29) is 12.1 Å². The fourth-order valence-corrected chi connectivity index (χ4v) is 2.05. The molecule has 0 unspecified atom stereocenters. The Morgan fingerprint density at radius 1 is 1.41 bits per heavy atom. The number of aliphatic carboxylic acids is 1. The van der Waals surface area contributed by atoms with Crippen LogP contribution in [0, 0.1) is 10.1 Å². The minimum Gasteiger partial charge on any atom is -0.480 e. The number of amides is 1. The summed E-state index contributed by atoms with van der Waals surface area (Å²) in [5.74, 6) is -1.62. The van der Waals surface area contributed by atoms with E-state index in [0.717, 1.165) is 0 Å². The topological polar surface area (TPSA) is 125 Å². The highest BCUT2D eigenvalue weighted by molar-refractivity contribution is 5.92. The fraction of sp³-hybridized carbons (Fsp3) is 0.286. The molecule has 0 saturated heterocycles. The molecule has 1 heterocycles. The number of aromatic amines is 1. The quantitative estimate of drug-likeness (QED) is 0.571. The van der Waals surface area contributed by atoms with Crippen LogP contribution in [0.15, 0.2) is 24.4 Å². The lowest BCUT2D eigenvalue weighted by Gasteiger charge is -2.20. The summed E-state index contributed by atoms with van der Waals surface area (Å²) in [4.78, 5) is 36.2. The second-order valence-corrected chi connectivity index (χ2v) is 5.46. The molecule has 0 bridgehead atoms. The highest BCUT2D eigenvalue weighted by Gasteiger charge is 2.29. The van der Waals surface area contributed by atoms with E-state index in [0.29, 0.717) is 16.5 Å². The van der Waals surface area contributed by atoms with Gasteiger partial charge in [-0.1, -0.05) is 0 Å². The van der Waals surface area contributed by atoms with Crippen LogP contribution < -0.4 is 5.32 Å². The number of rotatable bonds is 5. The zero-order valence-corrected chi connectivity index (χ0v) is 12.0. The molecule has 2 aromatic rings. The maximum atomic E-state index is 12.0. The van der Waals surface area contributed by atoms with Crippen molar-refractivity contribution in [2.75, 3.05) is 0 Å². The molecule has 0 atom stereocenters. The lowest BCUT2D eigenvalue weighted by Crippen LogP contribution is -2.50. The van der Waals surface area contributed by atoms with Gasteiger partial charge in [-0.05, 0) is 25.5 Å². The second kappa shape index (κ2) is 5.47. The Kier molecular flexibility index (Phi) is 3.85. The number of nitro benzene ring substituents is 1. The van der Waals surface area contributed by atoms with Gasteiger partial charge in [0.25, 0.3) is 5.69 Å². The number of nitrogens with one attached hydrogen (secondary N) is 2. The Hall–Kier alpha value is -2.90. The third kappa shape index (κ3) is 3.05. The number of nitro groups is 1. The number of fused-ring (bicyclic) bond motifs is 1. The molecule has 1 aromatic heterocycles. The molecule has 8 heteroatoms. The van der Waals surface area contributed by atoms with E-state index < -0.39 is 22.3 Å². The molecule has 1 amide bonds. The van der Waals surface area contributed by atoms with Crippen molar-refractivity contribution >= 4 is 28.5 Å². The number of H-pyrrole nitrogens is 1. The number of nitrogens with zero attached hydrogens (tertiary/aromatic N) is 1. The van der Waals surface area contributed by atoms with Crippen LogP contribution in [0.1, 0.15) is 19.4 Å². The molecule has 116 valence electrons. The third-order valence-corrected chi connectivity index (χ3v) is 3.30. The molecule has 0 fully saturated rings. The summed E-state index contributed by atoms with van der Waals surface area (Å²) in [6, 6.07) is 4.32. The summed E-state index contributed by atoms with van der Waals surface area (Å²) in [6.07, 6.45) is 1.51. The van der Waals surface area contributed by atoms with E-state index in [2.05, 4.69) is 10.3 Å². The predicted molar refractivity (Wildman–Crippen MR) is 78.5 cm³/mol. The molecule has 0 saturated carbocycles. The van der Waals surface area contributed by atoms with Gasteiger partial charge in [0.1, 0.15) is 5.54 Å². The van der Waals surface area contributed by atoms with Gasteiger partial charge in [-0.2, -0.15) is 0 Å². The first-order chi connectivity index (χ1) is 10.2. The van der Waals surface area contributed by atoms with Crippen LogP contribution >= 0.6 is 0 Å². The van der Waals surface area contributed by atoms with Crippen molar-refractivity contribution in [1.82, 2.24) is 10.3 Å². The molecule has 0 radical (unpaired) electrons. The average Bonchev–Trinajstić information content (AvgIpc) is 2.80. The number of hydrogen-bond acceptors (Lipinski definition) is 4. The largest absolute Gasteiger partial charge is 0.480 e. The molecule has 0 aliphatic carbocycles. The van der Waals surface area contributed by atoms with Crippen molar-refractivity contribution in [2.45, 2.75) is 25.8 Å². The SMILES string of the molecule is CC(C)(NC(=O)Cc1c[nH]c2ccc([N+](=O)[O-])cc12)C(=O)O. The van der Waals surface area contributed by atoms with Crippen molar-refractivity contribution in [3.8, 4) is 0 Å². The average molecular weight is 305 g/mol. The first-order valence-electron chi connectivity index (χ1n) is 6.49. The van der Waals surface area contributed by atoms with E-state index in [4.69, 9.17) is 5.11 Å². The van der Waals surface area contributed by atoms with E-state index >= 15 is 0 Å². The van der Waals surface area contributed by atoms with Gasteiger partial charge in [0, 0.05) is 29.2 Å². The normalized spacial score (nSPS) is 11.4. The summed E-state index contributed by atoms with van der Waals surface area (Å²) >= 11 is 0. The molecule has 1 aromatic carbocycles. The smallest absolute Gasteiger partial charge is 0.328 e. The number of carbonyl (C=O) groups excluding carboxylic acids is 1. The zero-order chi connectivity index (χ0) is 16.5. The van der Waals surface area contributed by atoms with E-state index in [9.17, 15) is 19.7 Å². The standard InChI is InChI=1S/C14H15N3O5/c1-14(2,13(19)20)16-12(18)5-8-7-15-11-4-3-9(17(21)22)6-10(8)11/h3-4,6-7,15H,5H2,1-2H3,(H,16,18)(H,19,20). The van der Waals surface area contributed by atoms with Crippen LogP contribution in [0.5, 0.6) is 0 Å². The lowest BCUT2D eigenvalue weighted by atomic mass is 10.0. The summed E-state index contributed by atoms with van der Waals surface area (Å²) in [5.41, 5.74) is -0.210. The highest BCUT2D eigenvalue weighted by Crippen LogP contribution is 2.24. The minimum absolute atomic E-state index is 0.0698. The summed E-state index contributed by atoms with van der Waals surface area (Å²) in [6.45, 7) is 2.76. The third-order valence-electron chi connectivity index (χ3n) is 3.30. The monoisotopic (exact) mass is 305 g/mol. The maximum absolute atomic E-state index is 12.0. The Labute approximate surface area is 125 Å². The number of carbonyl (C=O) groups is 2. The van der Waals surface area contributed by atoms with Gasteiger partial charge in [0.05, 0.1) is 11.3 Å². The first-order valence-corrected chi connectivity index (χ1v) is 6.49. The van der Waals surface area contributed by atoms with Gasteiger partial charge < -0.3 is 15.4 Å². The van der Waals surface area contributed by atoms with Gasteiger partial charge in [-0.25, -0.2) is 4.79 Å². The lowest BCUT2D eigenvalue weighted by molar-refractivity contribution is -0.384. The predicted octanol–water partition coefficient (Wildman–Crippen LogP) is 1.60. The highest BCUT2D eigenvalue weighted by atomic mass is 16.6. The zero-order valence-electron chi connectivity index (χ0n) is 12.0. The summed E-state index contributed by atoms with van der Waals surface area (Å²) < 4.78 is 0. The molecular weight excluding hydrogens is 290 g/mol. The van der Waals surface area contributed by atoms with Crippen LogP contribution in [-0.4, -0.2) is 32.4 Å². The molecule has 8 nitrogen and oxygen atoms in total. The van der Waals surface area contributed by atoms with Gasteiger partial charge in [-0.3, -0.25) is 14.9 Å². The summed E-state index contributed by atoms with van der Waals surface area (Å²) in [7, 11) is 0. The van der Waals surface area contributed by atoms with Crippen molar-refractivity contribution < 1.29 is 19.6 Å². The van der Waals surface area contributed by atoms with Crippen LogP contribution in [0.3, 0.4) is 0 Å². The first kappa shape index (κ1) is 15.5. The van der Waals surface area contributed by atoms with Crippen molar-refractivity contribution in [2.24, 2.45) is 0 Å². The van der Waals surface area contributed by atoms with Crippen molar-refractivity contribution in [3.63, 3.8) is 0 Å². The fourth-order valence-electron chi connectivity index (χ4n) is 2.05. The minimum atomic E-state index is -1.38. The van der Waals surface area contributed by atoms with Crippen LogP contribution in [0.4, 0.5) is 5.69 Å². The van der Waals surface area contributed by atoms with Gasteiger partial charge in [-0.15, -0.1) is 0 Å². The molecule has 22 heavy (non-hydrogen) atoms.